The number of ketones is 1. The molecule has 0 fully saturated rings. The number of Topliss-reactive ketones (excluding diaryl/α,β-unsaturated/α-hetero) is 1. The Morgan fingerprint density at radius 1 is 1.16 bits per heavy atom. The second-order valence-electron chi connectivity index (χ2n) is 4.88. The highest BCUT2D eigenvalue weighted by molar-refractivity contribution is 14.1. The monoisotopic (exact) mass is 392 g/mol. The van der Waals surface area contributed by atoms with Gasteiger partial charge in [-0.25, -0.2) is 8.42 Å². The minimum atomic E-state index is -3.22. The van der Waals surface area contributed by atoms with Crippen LogP contribution in [-0.4, -0.2) is 26.1 Å². The lowest BCUT2D eigenvalue weighted by atomic mass is 10.1. The predicted molar refractivity (Wildman–Crippen MR) is 80.7 cm³/mol. The number of carbonyl (C=O) groups is 1. The van der Waals surface area contributed by atoms with E-state index >= 15 is 0 Å². The van der Waals surface area contributed by atoms with E-state index in [-0.39, 0.29) is 10.7 Å². The second-order valence-corrected chi connectivity index (χ2v) is 7.98. The van der Waals surface area contributed by atoms with E-state index in [0.29, 0.717) is 14.9 Å². The molecule has 2 rings (SSSR count). The van der Waals surface area contributed by atoms with Crippen molar-refractivity contribution in [3.05, 3.63) is 33.4 Å². The molecule has 1 heterocycles. The molecule has 0 aliphatic carbocycles. The number of benzene rings is 1. The van der Waals surface area contributed by atoms with E-state index in [0.717, 1.165) is 6.26 Å². The van der Waals surface area contributed by atoms with Crippen molar-refractivity contribution >= 4 is 44.0 Å². The highest BCUT2D eigenvalue weighted by Crippen LogP contribution is 2.39. The van der Waals surface area contributed by atoms with Crippen molar-refractivity contribution < 1.29 is 17.9 Å². The molecule has 1 aromatic carbocycles. The molecule has 102 valence electrons. The van der Waals surface area contributed by atoms with Gasteiger partial charge in [-0.3, -0.25) is 4.79 Å². The van der Waals surface area contributed by atoms with Crippen LogP contribution in [-0.2, 0) is 19.4 Å². The summed E-state index contributed by atoms with van der Waals surface area (Å²) >= 11 is 1.96. The van der Waals surface area contributed by atoms with Gasteiger partial charge in [0, 0.05) is 11.8 Å². The number of hydrogen-bond acceptors (Lipinski definition) is 4. The fraction of sp³-hybridized carbons (Fsp3) is 0.308. The number of carbonyl (C=O) groups excluding carboxylic acids is 1. The third-order valence-corrected chi connectivity index (χ3v) is 4.96. The summed E-state index contributed by atoms with van der Waals surface area (Å²) in [6.07, 6.45) is 1.16. The number of hydrogen-bond donors (Lipinski definition) is 0. The van der Waals surface area contributed by atoms with Crippen molar-refractivity contribution in [2.75, 3.05) is 6.26 Å². The molecule has 0 saturated heterocycles. The molecule has 1 aliphatic rings. The van der Waals surface area contributed by atoms with Gasteiger partial charge in [0.05, 0.1) is 4.90 Å². The molecule has 0 bridgehead atoms. The summed E-state index contributed by atoms with van der Waals surface area (Å²) < 4.78 is 29.0. The highest BCUT2D eigenvalue weighted by Gasteiger charge is 2.41. The van der Waals surface area contributed by atoms with Crippen LogP contribution in [0.3, 0.4) is 0 Å². The molecular formula is C13H13IO4S. The van der Waals surface area contributed by atoms with Crippen molar-refractivity contribution in [1.29, 1.82) is 0 Å². The van der Waals surface area contributed by atoms with Gasteiger partial charge in [-0.05, 0) is 60.7 Å². The Kier molecular flexibility index (Phi) is 3.51. The van der Waals surface area contributed by atoms with Gasteiger partial charge in [0.1, 0.15) is 9.34 Å². The van der Waals surface area contributed by atoms with E-state index in [4.69, 9.17) is 4.74 Å². The van der Waals surface area contributed by atoms with Crippen LogP contribution in [0.4, 0.5) is 0 Å². The molecule has 1 aliphatic heterocycles. The van der Waals surface area contributed by atoms with Gasteiger partial charge in [-0.2, -0.15) is 0 Å². The average Bonchev–Trinajstić information content (AvgIpc) is 2.52. The largest absolute Gasteiger partial charge is 0.478 e. The molecular weight excluding hydrogens is 379 g/mol. The number of halogens is 1. The maximum atomic E-state index is 12.0. The summed E-state index contributed by atoms with van der Waals surface area (Å²) in [5.74, 6) is 0.450. The molecule has 0 aromatic heterocycles. The Labute approximate surface area is 125 Å². The Bertz CT molecular complexity index is 669. The van der Waals surface area contributed by atoms with Gasteiger partial charge in [0.15, 0.2) is 15.4 Å². The van der Waals surface area contributed by atoms with Crippen LogP contribution < -0.4 is 0 Å². The molecule has 4 nitrogen and oxygen atoms in total. The second kappa shape index (κ2) is 4.59. The number of sulfone groups is 1. The summed E-state index contributed by atoms with van der Waals surface area (Å²) in [6, 6.07) is 6.33. The van der Waals surface area contributed by atoms with E-state index in [9.17, 15) is 13.2 Å². The van der Waals surface area contributed by atoms with Gasteiger partial charge in [-0.1, -0.05) is 0 Å². The molecule has 1 aromatic rings. The third kappa shape index (κ3) is 2.69. The Hall–Kier alpha value is -0.890. The van der Waals surface area contributed by atoms with Gasteiger partial charge >= 0.3 is 0 Å². The molecule has 0 spiro atoms. The fourth-order valence-electron chi connectivity index (χ4n) is 1.75. The molecule has 0 atom stereocenters. The average molecular weight is 392 g/mol. The molecule has 6 heteroatoms. The first-order valence-electron chi connectivity index (χ1n) is 5.57. The Morgan fingerprint density at radius 3 is 2.05 bits per heavy atom. The van der Waals surface area contributed by atoms with Crippen molar-refractivity contribution in [3.8, 4) is 0 Å². The maximum Gasteiger partial charge on any atom is 0.215 e. The molecule has 0 saturated carbocycles. The van der Waals surface area contributed by atoms with Crippen LogP contribution in [0.1, 0.15) is 19.4 Å². The van der Waals surface area contributed by atoms with Crippen LogP contribution in [0, 0.1) is 0 Å². The maximum absolute atomic E-state index is 12.0. The third-order valence-electron chi connectivity index (χ3n) is 2.85. The van der Waals surface area contributed by atoms with Crippen molar-refractivity contribution in [3.63, 3.8) is 0 Å². The number of rotatable bonds is 2. The molecule has 0 unspecified atom stereocenters. The van der Waals surface area contributed by atoms with Crippen molar-refractivity contribution in [2.45, 2.75) is 24.3 Å². The first-order valence-corrected chi connectivity index (χ1v) is 8.54. The van der Waals surface area contributed by atoms with Crippen LogP contribution in [0.15, 0.2) is 32.7 Å². The van der Waals surface area contributed by atoms with Crippen LogP contribution in [0.2, 0.25) is 0 Å². The van der Waals surface area contributed by atoms with Crippen LogP contribution >= 0.6 is 22.6 Å². The van der Waals surface area contributed by atoms with E-state index in [1.165, 1.54) is 12.1 Å². The fourth-order valence-corrected chi connectivity index (χ4v) is 3.45. The Balaban J connectivity index is 2.43. The van der Waals surface area contributed by atoms with Gasteiger partial charge in [0.2, 0.25) is 5.78 Å². The summed E-state index contributed by atoms with van der Waals surface area (Å²) in [6.45, 7) is 3.43. The molecule has 0 N–H and O–H groups in total. The minimum absolute atomic E-state index is 0.0599. The zero-order chi connectivity index (χ0) is 14.4. The van der Waals surface area contributed by atoms with Gasteiger partial charge < -0.3 is 4.74 Å². The molecule has 0 amide bonds. The summed E-state index contributed by atoms with van der Waals surface area (Å²) in [5.41, 5.74) is -0.155. The number of ether oxygens (including phenoxy) is 1. The SMILES string of the molecule is CC1(C)OC(c2ccc(S(C)(=O)=O)cc2)=C(I)C1=O. The van der Waals surface area contributed by atoms with Crippen LogP contribution in [0.5, 0.6) is 0 Å². The zero-order valence-corrected chi connectivity index (χ0v) is 13.7. The van der Waals surface area contributed by atoms with E-state index in [1.807, 2.05) is 22.6 Å². The minimum Gasteiger partial charge on any atom is -0.478 e. The zero-order valence-electron chi connectivity index (χ0n) is 10.7. The molecule has 19 heavy (non-hydrogen) atoms. The summed E-state index contributed by atoms with van der Waals surface area (Å²) in [5, 5.41) is 0. The molecule has 0 radical (unpaired) electrons. The van der Waals surface area contributed by atoms with Crippen LogP contribution in [0.25, 0.3) is 5.76 Å². The first kappa shape index (κ1) is 14.5. The first-order chi connectivity index (χ1) is 8.63. The van der Waals surface area contributed by atoms with E-state index in [1.54, 1.807) is 26.0 Å². The lowest BCUT2D eigenvalue weighted by Gasteiger charge is -2.17. The summed E-state index contributed by atoms with van der Waals surface area (Å²) in [4.78, 5) is 12.2. The standard InChI is InChI=1S/C13H13IO4S/c1-13(2)12(15)10(14)11(18-13)8-4-6-9(7-5-8)19(3,16)17/h4-7H,1-3H3. The van der Waals surface area contributed by atoms with Crippen molar-refractivity contribution in [1.82, 2.24) is 0 Å². The van der Waals surface area contributed by atoms with E-state index < -0.39 is 15.4 Å². The normalized spacial score (nSPS) is 18.6. The lowest BCUT2D eigenvalue weighted by molar-refractivity contribution is -0.125. The van der Waals surface area contributed by atoms with E-state index in [2.05, 4.69) is 0 Å². The summed E-state index contributed by atoms with van der Waals surface area (Å²) in [7, 11) is -3.22. The lowest BCUT2D eigenvalue weighted by Crippen LogP contribution is -2.28. The van der Waals surface area contributed by atoms with Gasteiger partial charge in [-0.15, -0.1) is 0 Å². The predicted octanol–water partition coefficient (Wildman–Crippen LogP) is 2.57. The van der Waals surface area contributed by atoms with Crippen molar-refractivity contribution in [2.24, 2.45) is 0 Å². The highest BCUT2D eigenvalue weighted by atomic mass is 127. The van der Waals surface area contributed by atoms with Gasteiger partial charge in [0.25, 0.3) is 0 Å². The Morgan fingerprint density at radius 2 is 1.68 bits per heavy atom. The topological polar surface area (TPSA) is 60.4 Å². The quantitative estimate of drug-likeness (QED) is 0.726. The smallest absolute Gasteiger partial charge is 0.215 e.